The molecule has 4 aromatic rings. The first-order chi connectivity index (χ1) is 16.5. The zero-order chi connectivity index (χ0) is 23.7. The van der Waals surface area contributed by atoms with Crippen molar-refractivity contribution in [1.29, 1.82) is 0 Å². The maximum Gasteiger partial charge on any atom is 0.276 e. The largest absolute Gasteiger partial charge is 0.494 e. The molecule has 0 atom stereocenters. The van der Waals surface area contributed by atoms with Crippen LogP contribution in [0.3, 0.4) is 0 Å². The summed E-state index contributed by atoms with van der Waals surface area (Å²) in [5.41, 5.74) is 4.83. The van der Waals surface area contributed by atoms with Gasteiger partial charge in [0.2, 0.25) is 0 Å². The third kappa shape index (κ3) is 4.19. The molecule has 1 aliphatic heterocycles. The third-order valence-electron chi connectivity index (χ3n) is 6.26. The van der Waals surface area contributed by atoms with E-state index in [4.69, 9.17) is 4.74 Å². The minimum Gasteiger partial charge on any atom is -0.494 e. The van der Waals surface area contributed by atoms with E-state index >= 15 is 0 Å². The van der Waals surface area contributed by atoms with Crippen molar-refractivity contribution in [2.75, 3.05) is 12.4 Å². The first kappa shape index (κ1) is 21.9. The lowest BCUT2D eigenvalue weighted by Gasteiger charge is -2.11. The van der Waals surface area contributed by atoms with E-state index in [1.807, 2.05) is 50.2 Å². The lowest BCUT2D eigenvalue weighted by molar-refractivity contribution is 0.102. The Balaban J connectivity index is 1.40. The van der Waals surface area contributed by atoms with Crippen molar-refractivity contribution in [3.8, 4) is 22.8 Å². The average Bonchev–Trinajstić information content (AvgIpc) is 3.42. The molecule has 0 fully saturated rings. The fraction of sp³-hybridized carbons (Fsp3) is 0.308. The molecule has 0 saturated heterocycles. The number of nitrogens with one attached hydrogen (secondary N) is 1. The van der Waals surface area contributed by atoms with Crippen LogP contribution in [-0.4, -0.2) is 37.6 Å². The molecular weight excluding hydrogens is 428 g/mol. The normalized spacial score (nSPS) is 13.3. The number of benzene rings is 2. The second kappa shape index (κ2) is 9.13. The number of hydrogen-bond acceptors (Lipinski definition) is 5. The summed E-state index contributed by atoms with van der Waals surface area (Å²) in [7, 11) is 1.62. The molecule has 0 saturated carbocycles. The number of nitrogens with zero attached hydrogens (tertiary/aromatic N) is 5. The minimum atomic E-state index is -0.273. The molecule has 0 bridgehead atoms. The van der Waals surface area contributed by atoms with Gasteiger partial charge in [-0.1, -0.05) is 24.6 Å². The van der Waals surface area contributed by atoms with E-state index in [0.717, 1.165) is 65.5 Å². The molecule has 34 heavy (non-hydrogen) atoms. The standard InChI is InChI=1S/C26H28N6O2/c1-17-8-11-23(34-3)22(15-17)32-14-12-20(30-32)26(33)27-21-16-19(10-9-18(21)2)25-29-28-24-7-5-4-6-13-31(24)25/h8-12,14-16H,4-7,13H2,1-3H3,(H,27,33). The first-order valence-corrected chi connectivity index (χ1v) is 11.6. The number of carbonyl (C=O) groups is 1. The zero-order valence-electron chi connectivity index (χ0n) is 19.7. The van der Waals surface area contributed by atoms with Crippen LogP contribution < -0.4 is 10.1 Å². The van der Waals surface area contributed by atoms with Crippen LogP contribution in [0.1, 0.15) is 46.7 Å². The molecule has 0 aliphatic carbocycles. The molecule has 3 heterocycles. The van der Waals surface area contributed by atoms with Gasteiger partial charge in [-0.2, -0.15) is 5.10 Å². The Hall–Kier alpha value is -3.94. The summed E-state index contributed by atoms with van der Waals surface area (Å²) >= 11 is 0. The fourth-order valence-corrected chi connectivity index (χ4v) is 4.34. The summed E-state index contributed by atoms with van der Waals surface area (Å²) in [6.45, 7) is 4.90. The molecule has 1 amide bonds. The van der Waals surface area contributed by atoms with E-state index in [2.05, 4.69) is 25.2 Å². The number of amides is 1. The number of aryl methyl sites for hydroxylation is 3. The molecule has 0 unspecified atom stereocenters. The Morgan fingerprint density at radius 3 is 2.76 bits per heavy atom. The van der Waals surface area contributed by atoms with Gasteiger partial charge in [-0.3, -0.25) is 4.79 Å². The average molecular weight is 457 g/mol. The lowest BCUT2D eigenvalue weighted by atomic mass is 10.1. The highest BCUT2D eigenvalue weighted by Gasteiger charge is 2.18. The number of hydrogen-bond donors (Lipinski definition) is 1. The number of carbonyl (C=O) groups excluding carboxylic acids is 1. The molecule has 8 heteroatoms. The van der Waals surface area contributed by atoms with Gasteiger partial charge < -0.3 is 14.6 Å². The predicted molar refractivity (Wildman–Crippen MR) is 131 cm³/mol. The van der Waals surface area contributed by atoms with Crippen molar-refractivity contribution in [1.82, 2.24) is 24.5 Å². The fourth-order valence-electron chi connectivity index (χ4n) is 4.34. The number of fused-ring (bicyclic) bond motifs is 1. The highest BCUT2D eigenvalue weighted by Crippen LogP contribution is 2.28. The molecule has 1 N–H and O–H groups in total. The van der Waals surface area contributed by atoms with Gasteiger partial charge in [-0.25, -0.2) is 4.68 Å². The van der Waals surface area contributed by atoms with Crippen LogP contribution >= 0.6 is 0 Å². The molecule has 1 aliphatic rings. The number of rotatable bonds is 5. The second-order valence-electron chi connectivity index (χ2n) is 8.71. The first-order valence-electron chi connectivity index (χ1n) is 11.6. The van der Waals surface area contributed by atoms with Gasteiger partial charge in [0.15, 0.2) is 11.5 Å². The van der Waals surface area contributed by atoms with Gasteiger partial charge in [0.25, 0.3) is 5.91 Å². The van der Waals surface area contributed by atoms with Crippen LogP contribution in [0, 0.1) is 13.8 Å². The second-order valence-corrected chi connectivity index (χ2v) is 8.71. The van der Waals surface area contributed by atoms with E-state index in [1.54, 1.807) is 24.1 Å². The van der Waals surface area contributed by atoms with Crippen molar-refractivity contribution in [2.24, 2.45) is 0 Å². The summed E-state index contributed by atoms with van der Waals surface area (Å²) in [5.74, 6) is 2.31. The molecule has 2 aromatic heterocycles. The van der Waals surface area contributed by atoms with Crippen LogP contribution in [0.5, 0.6) is 5.75 Å². The van der Waals surface area contributed by atoms with Crippen LogP contribution in [0.2, 0.25) is 0 Å². The Morgan fingerprint density at radius 1 is 1.03 bits per heavy atom. The van der Waals surface area contributed by atoms with Crippen molar-refractivity contribution in [3.05, 3.63) is 71.3 Å². The Kier molecular flexibility index (Phi) is 5.88. The van der Waals surface area contributed by atoms with Crippen molar-refractivity contribution in [2.45, 2.75) is 46.1 Å². The quantitative estimate of drug-likeness (QED) is 0.469. The van der Waals surface area contributed by atoms with E-state index in [1.165, 1.54) is 6.42 Å². The Morgan fingerprint density at radius 2 is 1.91 bits per heavy atom. The van der Waals surface area contributed by atoms with E-state index in [-0.39, 0.29) is 5.91 Å². The number of anilines is 1. The van der Waals surface area contributed by atoms with Crippen molar-refractivity contribution < 1.29 is 9.53 Å². The van der Waals surface area contributed by atoms with Crippen LogP contribution in [-0.2, 0) is 13.0 Å². The molecule has 5 rings (SSSR count). The van der Waals surface area contributed by atoms with Gasteiger partial charge >= 0.3 is 0 Å². The molecule has 0 radical (unpaired) electrons. The number of methoxy groups -OCH3 is 1. The van der Waals surface area contributed by atoms with Gasteiger partial charge in [-0.05, 0) is 62.1 Å². The van der Waals surface area contributed by atoms with Crippen molar-refractivity contribution in [3.63, 3.8) is 0 Å². The Bertz CT molecular complexity index is 1350. The highest BCUT2D eigenvalue weighted by molar-refractivity contribution is 6.03. The minimum absolute atomic E-state index is 0.273. The van der Waals surface area contributed by atoms with Gasteiger partial charge in [0.05, 0.1) is 7.11 Å². The van der Waals surface area contributed by atoms with E-state index in [9.17, 15) is 4.79 Å². The smallest absolute Gasteiger partial charge is 0.276 e. The predicted octanol–water partition coefficient (Wildman–Crippen LogP) is 4.73. The number of ether oxygens (including phenoxy) is 1. The lowest BCUT2D eigenvalue weighted by Crippen LogP contribution is -2.14. The van der Waals surface area contributed by atoms with Crippen LogP contribution in [0.15, 0.2) is 48.7 Å². The van der Waals surface area contributed by atoms with Crippen molar-refractivity contribution >= 4 is 11.6 Å². The molecule has 8 nitrogen and oxygen atoms in total. The molecular formula is C26H28N6O2. The molecule has 174 valence electrons. The number of aromatic nitrogens is 5. The van der Waals surface area contributed by atoms with E-state index in [0.29, 0.717) is 11.4 Å². The summed E-state index contributed by atoms with van der Waals surface area (Å²) < 4.78 is 9.33. The molecule has 2 aromatic carbocycles. The molecule has 0 spiro atoms. The van der Waals surface area contributed by atoms with Crippen LogP contribution in [0.4, 0.5) is 5.69 Å². The maximum absolute atomic E-state index is 13.1. The monoisotopic (exact) mass is 456 g/mol. The van der Waals surface area contributed by atoms with Crippen LogP contribution in [0.25, 0.3) is 17.1 Å². The zero-order valence-corrected chi connectivity index (χ0v) is 19.7. The highest BCUT2D eigenvalue weighted by atomic mass is 16.5. The maximum atomic E-state index is 13.1. The summed E-state index contributed by atoms with van der Waals surface area (Å²) in [4.78, 5) is 13.1. The summed E-state index contributed by atoms with van der Waals surface area (Å²) in [5, 5.41) is 16.4. The van der Waals surface area contributed by atoms with E-state index < -0.39 is 0 Å². The third-order valence-corrected chi connectivity index (χ3v) is 6.26. The topological polar surface area (TPSA) is 86.9 Å². The summed E-state index contributed by atoms with van der Waals surface area (Å²) in [6, 6.07) is 13.5. The SMILES string of the molecule is COc1ccc(C)cc1-n1ccc(C(=O)Nc2cc(-c3nnc4n3CCCCC4)ccc2C)n1. The summed E-state index contributed by atoms with van der Waals surface area (Å²) in [6.07, 6.45) is 6.20. The van der Waals surface area contributed by atoms with Gasteiger partial charge in [-0.15, -0.1) is 10.2 Å². The van der Waals surface area contributed by atoms with Gasteiger partial charge in [0, 0.05) is 30.4 Å². The Labute approximate surface area is 198 Å². The van der Waals surface area contributed by atoms with Gasteiger partial charge in [0.1, 0.15) is 17.3 Å².